The summed E-state index contributed by atoms with van der Waals surface area (Å²) in [7, 11) is 0. The summed E-state index contributed by atoms with van der Waals surface area (Å²) in [6, 6.07) is 0. The van der Waals surface area contributed by atoms with Gasteiger partial charge in [0, 0.05) is 25.7 Å². The Labute approximate surface area is 163 Å². The second-order valence-corrected chi connectivity index (χ2v) is 6.10. The Morgan fingerprint density at radius 1 is 1.33 bits per heavy atom. The van der Waals surface area contributed by atoms with E-state index in [2.05, 4.69) is 9.98 Å². The number of unbranched alkanes of at least 4 members (excludes halogenated alkanes) is 2. The average molecular weight is 381 g/mol. The van der Waals surface area contributed by atoms with Gasteiger partial charge in [0.15, 0.2) is 0 Å². The van der Waals surface area contributed by atoms with Crippen LogP contribution in [0.25, 0.3) is 0 Å². The SMILES string of the molecule is CC1=CC(=NCCCCCN)/C(=C\N)N=C(N)C1.CCCN(C=O)OCC. The van der Waals surface area contributed by atoms with Crippen LogP contribution < -0.4 is 17.2 Å². The smallest absolute Gasteiger partial charge is 0.233 e. The van der Waals surface area contributed by atoms with Gasteiger partial charge in [-0.25, -0.2) is 10.1 Å². The number of aliphatic imine (C=N–C) groups is 2. The Bertz CT molecular complexity index is 534. The number of amidine groups is 1. The van der Waals surface area contributed by atoms with Gasteiger partial charge < -0.3 is 17.2 Å². The Kier molecular flexibility index (Phi) is 14.7. The molecule has 0 saturated carbocycles. The Hall–Kier alpha value is -2.19. The van der Waals surface area contributed by atoms with Crippen molar-refractivity contribution in [3.63, 3.8) is 0 Å². The third kappa shape index (κ3) is 11.9. The molecular weight excluding hydrogens is 344 g/mol. The van der Waals surface area contributed by atoms with Gasteiger partial charge in [0.2, 0.25) is 6.41 Å². The van der Waals surface area contributed by atoms with Crippen LogP contribution in [0.15, 0.2) is 33.5 Å². The zero-order valence-electron chi connectivity index (χ0n) is 17.0. The molecule has 27 heavy (non-hydrogen) atoms. The number of carbonyl (C=O) groups excluding carboxylic acids is 1. The lowest BCUT2D eigenvalue weighted by molar-refractivity contribution is -0.170. The molecule has 0 aromatic carbocycles. The van der Waals surface area contributed by atoms with Gasteiger partial charge in [-0.3, -0.25) is 14.6 Å². The summed E-state index contributed by atoms with van der Waals surface area (Å²) < 4.78 is 0. The Morgan fingerprint density at radius 2 is 2.07 bits per heavy atom. The molecule has 0 aromatic rings. The number of allylic oxidation sites excluding steroid dienone is 1. The van der Waals surface area contributed by atoms with Crippen LogP contribution in [0.5, 0.6) is 0 Å². The molecule has 0 atom stereocenters. The first kappa shape index (κ1) is 24.8. The lowest BCUT2D eigenvalue weighted by Gasteiger charge is -2.13. The lowest BCUT2D eigenvalue weighted by atomic mass is 10.1. The average Bonchev–Trinajstić information content (AvgIpc) is 2.78. The van der Waals surface area contributed by atoms with Crippen molar-refractivity contribution in [1.29, 1.82) is 0 Å². The number of hydroxylamine groups is 2. The van der Waals surface area contributed by atoms with Crippen LogP contribution >= 0.6 is 0 Å². The van der Waals surface area contributed by atoms with Crippen LogP contribution in [0.1, 0.15) is 52.9 Å². The first-order chi connectivity index (χ1) is 13.0. The maximum atomic E-state index is 10.1. The molecule has 8 nitrogen and oxygen atoms in total. The van der Waals surface area contributed by atoms with E-state index in [4.69, 9.17) is 22.0 Å². The second-order valence-electron chi connectivity index (χ2n) is 6.10. The molecular formula is C19H36N6O2. The van der Waals surface area contributed by atoms with Gasteiger partial charge in [0.25, 0.3) is 0 Å². The van der Waals surface area contributed by atoms with E-state index in [1.54, 1.807) is 0 Å². The summed E-state index contributed by atoms with van der Waals surface area (Å²) in [5.74, 6) is 0.578. The maximum absolute atomic E-state index is 10.1. The van der Waals surface area contributed by atoms with Crippen molar-refractivity contribution < 1.29 is 9.63 Å². The molecule has 0 bridgehead atoms. The monoisotopic (exact) mass is 380 g/mol. The van der Waals surface area contributed by atoms with E-state index in [0.717, 1.165) is 50.1 Å². The molecule has 0 fully saturated rings. The molecule has 0 radical (unpaired) electrons. The summed E-state index contributed by atoms with van der Waals surface area (Å²) >= 11 is 0. The standard InChI is InChI=1S/C13H23N5.C6H13NO2/c1-10-7-11(17-6-4-2-3-5-14)12(9-15)18-13(16)8-10;1-3-5-7(6-8)9-4-2/h7,9H,2-6,8,14-15H2,1H3,(H2,16,18);6H,3-5H2,1-2H3/b12-9+,17-11?;. The van der Waals surface area contributed by atoms with E-state index in [1.165, 1.54) is 11.3 Å². The van der Waals surface area contributed by atoms with Crippen molar-refractivity contribution in [2.75, 3.05) is 26.2 Å². The predicted molar refractivity (Wildman–Crippen MR) is 112 cm³/mol. The van der Waals surface area contributed by atoms with Crippen LogP contribution in [0.2, 0.25) is 0 Å². The minimum absolute atomic E-state index is 0.554. The van der Waals surface area contributed by atoms with Gasteiger partial charge in [-0.15, -0.1) is 0 Å². The van der Waals surface area contributed by atoms with E-state index in [0.29, 0.717) is 37.5 Å². The van der Waals surface area contributed by atoms with Crippen molar-refractivity contribution >= 4 is 18.0 Å². The van der Waals surface area contributed by atoms with Crippen LogP contribution in [0.3, 0.4) is 0 Å². The zero-order chi connectivity index (χ0) is 20.5. The van der Waals surface area contributed by atoms with Gasteiger partial charge in [-0.05, 0) is 45.7 Å². The van der Waals surface area contributed by atoms with Crippen LogP contribution in [0, 0.1) is 0 Å². The van der Waals surface area contributed by atoms with Crippen LogP contribution in [-0.2, 0) is 9.63 Å². The second kappa shape index (κ2) is 16.0. The van der Waals surface area contributed by atoms with Gasteiger partial charge in [0.1, 0.15) is 11.5 Å². The third-order valence-electron chi connectivity index (χ3n) is 3.53. The Morgan fingerprint density at radius 3 is 2.63 bits per heavy atom. The fourth-order valence-corrected chi connectivity index (χ4v) is 2.31. The van der Waals surface area contributed by atoms with E-state index in [9.17, 15) is 4.79 Å². The molecule has 0 unspecified atom stereocenters. The quantitative estimate of drug-likeness (QED) is 0.302. The minimum Gasteiger partial charge on any atom is -0.403 e. The van der Waals surface area contributed by atoms with Crippen molar-refractivity contribution in [3.05, 3.63) is 23.5 Å². The number of hydrogen-bond acceptors (Lipinski definition) is 7. The molecule has 1 aliphatic rings. The van der Waals surface area contributed by atoms with Crippen molar-refractivity contribution in [2.45, 2.75) is 52.9 Å². The van der Waals surface area contributed by atoms with E-state index >= 15 is 0 Å². The number of nitrogens with zero attached hydrogens (tertiary/aromatic N) is 3. The summed E-state index contributed by atoms with van der Waals surface area (Å²) in [4.78, 5) is 23.8. The molecule has 1 rings (SSSR count). The first-order valence-corrected chi connectivity index (χ1v) is 9.54. The highest BCUT2D eigenvalue weighted by atomic mass is 16.7. The number of carbonyl (C=O) groups is 1. The largest absolute Gasteiger partial charge is 0.403 e. The van der Waals surface area contributed by atoms with Crippen molar-refractivity contribution in [3.8, 4) is 0 Å². The van der Waals surface area contributed by atoms with Gasteiger partial charge >= 0.3 is 0 Å². The van der Waals surface area contributed by atoms with Crippen molar-refractivity contribution in [2.24, 2.45) is 27.2 Å². The van der Waals surface area contributed by atoms with Crippen LogP contribution in [0.4, 0.5) is 0 Å². The van der Waals surface area contributed by atoms with Gasteiger partial charge in [-0.2, -0.15) is 0 Å². The van der Waals surface area contributed by atoms with Gasteiger partial charge in [-0.1, -0.05) is 18.9 Å². The summed E-state index contributed by atoms with van der Waals surface area (Å²) in [5.41, 5.74) is 19.4. The Balaban J connectivity index is 0.000000636. The topological polar surface area (TPSA) is 132 Å². The van der Waals surface area contributed by atoms with E-state index in [-0.39, 0.29) is 0 Å². The summed E-state index contributed by atoms with van der Waals surface area (Å²) in [6.07, 6.45) is 8.94. The maximum Gasteiger partial charge on any atom is 0.233 e. The molecule has 1 amide bonds. The normalized spacial score (nSPS) is 16.9. The number of nitrogens with two attached hydrogens (primary N) is 3. The molecule has 0 aliphatic carbocycles. The molecule has 154 valence electrons. The summed E-state index contributed by atoms with van der Waals surface area (Å²) in [6.45, 7) is 8.61. The van der Waals surface area contributed by atoms with E-state index < -0.39 is 0 Å². The molecule has 8 heteroatoms. The molecule has 0 spiro atoms. The predicted octanol–water partition coefficient (Wildman–Crippen LogP) is 1.87. The zero-order valence-corrected chi connectivity index (χ0v) is 17.0. The molecule has 0 aromatic heterocycles. The number of amides is 1. The highest BCUT2D eigenvalue weighted by molar-refractivity contribution is 6.11. The van der Waals surface area contributed by atoms with Crippen molar-refractivity contribution in [1.82, 2.24) is 5.06 Å². The fourth-order valence-electron chi connectivity index (χ4n) is 2.31. The molecule has 0 saturated heterocycles. The number of rotatable bonds is 10. The molecule has 6 N–H and O–H groups in total. The first-order valence-electron chi connectivity index (χ1n) is 9.54. The highest BCUT2D eigenvalue weighted by Gasteiger charge is 2.10. The molecule has 1 aliphatic heterocycles. The van der Waals surface area contributed by atoms with Crippen LogP contribution in [-0.4, -0.2) is 49.3 Å². The summed E-state index contributed by atoms with van der Waals surface area (Å²) in [5, 5.41) is 1.31. The van der Waals surface area contributed by atoms with E-state index in [1.807, 2.05) is 26.8 Å². The van der Waals surface area contributed by atoms with Gasteiger partial charge in [0.05, 0.1) is 12.3 Å². The fraction of sp³-hybridized carbons (Fsp3) is 0.632. The molecule has 1 heterocycles. The third-order valence-corrected chi connectivity index (χ3v) is 3.53. The number of hydrogen-bond donors (Lipinski definition) is 3. The highest BCUT2D eigenvalue weighted by Crippen LogP contribution is 2.13. The lowest BCUT2D eigenvalue weighted by Crippen LogP contribution is -2.22. The minimum atomic E-state index is 0.554.